The summed E-state index contributed by atoms with van der Waals surface area (Å²) in [5.41, 5.74) is 7.93. The third-order valence-electron chi connectivity index (χ3n) is 2.59. The Morgan fingerprint density at radius 2 is 2.25 bits per heavy atom. The van der Waals surface area contributed by atoms with Crippen molar-refractivity contribution in [3.63, 3.8) is 0 Å². The Hall–Kier alpha value is -2.16. The molecular formula is C15H15N3OS. The van der Waals surface area contributed by atoms with Crippen LogP contribution in [-0.2, 0) is 0 Å². The van der Waals surface area contributed by atoms with Crippen LogP contribution in [0.2, 0.25) is 0 Å². The zero-order valence-electron chi connectivity index (χ0n) is 11.4. The Morgan fingerprint density at radius 3 is 2.90 bits per heavy atom. The minimum atomic E-state index is -0.171. The van der Waals surface area contributed by atoms with E-state index in [-0.39, 0.29) is 12.5 Å². The van der Waals surface area contributed by atoms with E-state index in [9.17, 15) is 4.79 Å². The van der Waals surface area contributed by atoms with Gasteiger partial charge in [0.2, 0.25) is 0 Å². The minimum Gasteiger partial charge on any atom is -0.320 e. The Morgan fingerprint density at radius 1 is 1.45 bits per heavy atom. The van der Waals surface area contributed by atoms with Gasteiger partial charge in [0.15, 0.2) is 0 Å². The summed E-state index contributed by atoms with van der Waals surface area (Å²) < 4.78 is 0. The van der Waals surface area contributed by atoms with Crippen LogP contribution in [0, 0.1) is 25.7 Å². The normalized spacial score (nSPS) is 9.75. The third-order valence-corrected chi connectivity index (χ3v) is 3.50. The van der Waals surface area contributed by atoms with E-state index in [0.717, 1.165) is 16.1 Å². The maximum absolute atomic E-state index is 12.1. The quantitative estimate of drug-likeness (QED) is 0.832. The van der Waals surface area contributed by atoms with Gasteiger partial charge in [0, 0.05) is 5.56 Å². The van der Waals surface area contributed by atoms with Crippen molar-refractivity contribution in [2.45, 2.75) is 13.8 Å². The zero-order valence-corrected chi connectivity index (χ0v) is 12.2. The molecule has 2 rings (SSSR count). The number of amides is 1. The standard InChI is InChI=1S/C15H15N3OS/c1-10-5-6-13(12(8-10)4-3-7-16)18-15(19)14-9-17-11(2)20-14/h5-6,8-9H,7,16H2,1-2H3,(H,18,19). The number of thiazole rings is 1. The first-order valence-corrected chi connectivity index (χ1v) is 6.95. The number of hydrogen-bond donors (Lipinski definition) is 2. The summed E-state index contributed by atoms with van der Waals surface area (Å²) in [5.74, 6) is 5.61. The summed E-state index contributed by atoms with van der Waals surface area (Å²) >= 11 is 1.36. The van der Waals surface area contributed by atoms with Crippen molar-refractivity contribution in [2.24, 2.45) is 5.73 Å². The molecule has 1 amide bonds. The highest BCUT2D eigenvalue weighted by Crippen LogP contribution is 2.19. The molecule has 2 aromatic rings. The Labute approximate surface area is 122 Å². The molecule has 0 fully saturated rings. The van der Waals surface area contributed by atoms with E-state index in [0.29, 0.717) is 10.6 Å². The van der Waals surface area contributed by atoms with E-state index in [2.05, 4.69) is 22.1 Å². The fraction of sp³-hybridized carbons (Fsp3) is 0.200. The number of aromatic nitrogens is 1. The van der Waals surface area contributed by atoms with Crippen molar-refractivity contribution >= 4 is 22.9 Å². The number of carbonyl (C=O) groups excluding carboxylic acids is 1. The Balaban J connectivity index is 2.26. The molecule has 0 spiro atoms. The van der Waals surface area contributed by atoms with Gasteiger partial charge in [0.1, 0.15) is 4.88 Å². The van der Waals surface area contributed by atoms with E-state index < -0.39 is 0 Å². The van der Waals surface area contributed by atoms with Crippen molar-refractivity contribution in [3.05, 3.63) is 45.4 Å². The monoisotopic (exact) mass is 285 g/mol. The lowest BCUT2D eigenvalue weighted by Crippen LogP contribution is -2.11. The number of rotatable bonds is 2. The van der Waals surface area contributed by atoms with Crippen LogP contribution in [0.15, 0.2) is 24.4 Å². The van der Waals surface area contributed by atoms with E-state index >= 15 is 0 Å². The second kappa shape index (κ2) is 6.33. The smallest absolute Gasteiger partial charge is 0.267 e. The minimum absolute atomic E-state index is 0.171. The summed E-state index contributed by atoms with van der Waals surface area (Å²) in [6.45, 7) is 4.13. The molecule has 1 aromatic heterocycles. The average molecular weight is 285 g/mol. The number of carbonyl (C=O) groups is 1. The maximum atomic E-state index is 12.1. The largest absolute Gasteiger partial charge is 0.320 e. The number of hydrogen-bond acceptors (Lipinski definition) is 4. The highest BCUT2D eigenvalue weighted by Gasteiger charge is 2.11. The van der Waals surface area contributed by atoms with E-state index in [1.807, 2.05) is 32.0 Å². The van der Waals surface area contributed by atoms with Crippen LogP contribution in [0.3, 0.4) is 0 Å². The average Bonchev–Trinajstić information content (AvgIpc) is 2.85. The van der Waals surface area contributed by atoms with Crippen molar-refractivity contribution in [1.82, 2.24) is 4.98 Å². The van der Waals surface area contributed by atoms with E-state index in [1.54, 1.807) is 6.20 Å². The van der Waals surface area contributed by atoms with E-state index in [4.69, 9.17) is 5.73 Å². The molecular weight excluding hydrogens is 270 g/mol. The SMILES string of the molecule is Cc1ccc(NC(=O)c2cnc(C)s2)c(C#CCN)c1. The second-order valence-corrected chi connectivity index (χ2v) is 5.49. The molecule has 0 radical (unpaired) electrons. The first-order valence-electron chi connectivity index (χ1n) is 6.13. The van der Waals surface area contributed by atoms with Gasteiger partial charge in [-0.15, -0.1) is 11.3 Å². The molecule has 0 aliphatic rings. The van der Waals surface area contributed by atoms with Crippen LogP contribution < -0.4 is 11.1 Å². The van der Waals surface area contributed by atoms with Crippen LogP contribution in [0.25, 0.3) is 0 Å². The lowest BCUT2D eigenvalue weighted by molar-refractivity contribution is 0.103. The first-order chi connectivity index (χ1) is 9.60. The zero-order chi connectivity index (χ0) is 14.5. The molecule has 102 valence electrons. The third kappa shape index (κ3) is 3.44. The summed E-state index contributed by atoms with van der Waals surface area (Å²) in [7, 11) is 0. The summed E-state index contributed by atoms with van der Waals surface area (Å²) in [4.78, 5) is 16.8. The van der Waals surface area contributed by atoms with Crippen molar-refractivity contribution in [1.29, 1.82) is 0 Å². The number of nitrogens with zero attached hydrogens (tertiary/aromatic N) is 1. The predicted molar refractivity (Wildman–Crippen MR) is 81.9 cm³/mol. The second-order valence-electron chi connectivity index (χ2n) is 4.25. The predicted octanol–water partition coefficient (Wildman–Crippen LogP) is 2.32. The molecule has 0 bridgehead atoms. The molecule has 0 unspecified atom stereocenters. The van der Waals surface area contributed by atoms with Gasteiger partial charge in [-0.1, -0.05) is 17.9 Å². The van der Waals surface area contributed by atoms with Crippen LogP contribution >= 0.6 is 11.3 Å². The fourth-order valence-corrected chi connectivity index (χ4v) is 2.34. The van der Waals surface area contributed by atoms with Gasteiger partial charge in [-0.05, 0) is 31.5 Å². The number of aryl methyl sites for hydroxylation is 2. The number of nitrogens with one attached hydrogen (secondary N) is 1. The lowest BCUT2D eigenvalue weighted by Gasteiger charge is -2.07. The molecule has 0 aliphatic carbocycles. The first kappa shape index (κ1) is 14.3. The van der Waals surface area contributed by atoms with Gasteiger partial charge < -0.3 is 11.1 Å². The Kier molecular flexibility index (Phi) is 4.51. The molecule has 1 aromatic carbocycles. The molecule has 0 aliphatic heterocycles. The summed E-state index contributed by atoms with van der Waals surface area (Å²) in [6, 6.07) is 5.71. The van der Waals surface area contributed by atoms with Crippen LogP contribution in [0.5, 0.6) is 0 Å². The van der Waals surface area contributed by atoms with Crippen LogP contribution in [0.4, 0.5) is 5.69 Å². The van der Waals surface area contributed by atoms with Gasteiger partial charge in [-0.2, -0.15) is 0 Å². The Bertz CT molecular complexity index is 695. The summed E-state index contributed by atoms with van der Waals surface area (Å²) in [5, 5.41) is 3.73. The van der Waals surface area contributed by atoms with Gasteiger partial charge in [-0.25, -0.2) is 4.98 Å². The van der Waals surface area contributed by atoms with Gasteiger partial charge >= 0.3 is 0 Å². The molecule has 0 atom stereocenters. The number of anilines is 1. The van der Waals surface area contributed by atoms with Gasteiger partial charge in [0.05, 0.1) is 23.4 Å². The fourth-order valence-electron chi connectivity index (χ4n) is 1.67. The topological polar surface area (TPSA) is 68.0 Å². The van der Waals surface area contributed by atoms with Crippen molar-refractivity contribution in [2.75, 3.05) is 11.9 Å². The molecule has 0 saturated carbocycles. The van der Waals surface area contributed by atoms with Crippen molar-refractivity contribution < 1.29 is 4.79 Å². The van der Waals surface area contributed by atoms with Crippen LogP contribution in [0.1, 0.15) is 25.8 Å². The number of benzene rings is 1. The van der Waals surface area contributed by atoms with Crippen molar-refractivity contribution in [3.8, 4) is 11.8 Å². The molecule has 0 saturated heterocycles. The maximum Gasteiger partial charge on any atom is 0.267 e. The summed E-state index contributed by atoms with van der Waals surface area (Å²) in [6.07, 6.45) is 1.58. The lowest BCUT2D eigenvalue weighted by atomic mass is 10.1. The molecule has 3 N–H and O–H groups in total. The number of nitrogens with two attached hydrogens (primary N) is 1. The molecule has 1 heterocycles. The molecule has 20 heavy (non-hydrogen) atoms. The van der Waals surface area contributed by atoms with Gasteiger partial charge in [0.25, 0.3) is 5.91 Å². The molecule has 4 nitrogen and oxygen atoms in total. The molecule has 5 heteroatoms. The van der Waals surface area contributed by atoms with Crippen LogP contribution in [-0.4, -0.2) is 17.4 Å². The van der Waals surface area contributed by atoms with Gasteiger partial charge in [-0.3, -0.25) is 4.79 Å². The van der Waals surface area contributed by atoms with E-state index in [1.165, 1.54) is 11.3 Å². The highest BCUT2D eigenvalue weighted by molar-refractivity contribution is 7.13. The highest BCUT2D eigenvalue weighted by atomic mass is 32.1.